The zero-order valence-electron chi connectivity index (χ0n) is 12.5. The second-order valence-corrected chi connectivity index (χ2v) is 5.27. The molecule has 23 heavy (non-hydrogen) atoms. The first-order valence-corrected chi connectivity index (χ1v) is 7.45. The molecule has 1 aliphatic heterocycles. The highest BCUT2D eigenvalue weighted by Crippen LogP contribution is 2.34. The summed E-state index contributed by atoms with van der Waals surface area (Å²) in [4.78, 5) is 19.9. The maximum Gasteiger partial charge on any atom is 0.322 e. The lowest BCUT2D eigenvalue weighted by Gasteiger charge is -2.10. The number of anilines is 1. The fourth-order valence-electron chi connectivity index (χ4n) is 2.52. The number of ether oxygens (including phenoxy) is 2. The number of H-pyrrole nitrogens is 1. The van der Waals surface area contributed by atoms with E-state index in [2.05, 4.69) is 15.3 Å². The highest BCUT2D eigenvalue weighted by molar-refractivity contribution is 5.95. The van der Waals surface area contributed by atoms with Gasteiger partial charge in [-0.2, -0.15) is 0 Å². The van der Waals surface area contributed by atoms with Crippen molar-refractivity contribution in [2.75, 3.05) is 5.32 Å². The van der Waals surface area contributed by atoms with Crippen LogP contribution in [-0.2, 0) is 11.2 Å². The van der Waals surface area contributed by atoms with Gasteiger partial charge in [0.05, 0.1) is 11.0 Å². The van der Waals surface area contributed by atoms with Crippen LogP contribution in [0.25, 0.3) is 11.0 Å². The van der Waals surface area contributed by atoms with Gasteiger partial charge in [0.15, 0.2) is 11.5 Å². The van der Waals surface area contributed by atoms with Crippen LogP contribution >= 0.6 is 0 Å². The van der Waals surface area contributed by atoms with E-state index in [1.54, 1.807) is 12.1 Å². The van der Waals surface area contributed by atoms with Gasteiger partial charge in [0.2, 0.25) is 0 Å². The molecular formula is C17H15N3O3. The number of fused-ring (bicyclic) bond motifs is 2. The average molecular weight is 309 g/mol. The zero-order valence-corrected chi connectivity index (χ0v) is 12.5. The van der Waals surface area contributed by atoms with E-state index in [-0.39, 0.29) is 5.91 Å². The smallest absolute Gasteiger partial charge is 0.322 e. The molecule has 0 saturated carbocycles. The minimum absolute atomic E-state index is 0.351. The molecule has 0 aliphatic carbocycles. The van der Waals surface area contributed by atoms with Crippen LogP contribution < -0.4 is 14.8 Å². The molecular weight excluding hydrogens is 294 g/mol. The molecule has 6 heteroatoms. The van der Waals surface area contributed by atoms with Crippen LogP contribution in [0.4, 0.5) is 5.69 Å². The Kier molecular flexibility index (Phi) is 3.15. The molecule has 0 radical (unpaired) electrons. The lowest BCUT2D eigenvalue weighted by atomic mass is 10.2. The van der Waals surface area contributed by atoms with Gasteiger partial charge in [0, 0.05) is 12.1 Å². The van der Waals surface area contributed by atoms with Gasteiger partial charge < -0.3 is 19.8 Å². The molecule has 116 valence electrons. The number of benzene rings is 2. The number of nitrogens with one attached hydrogen (secondary N) is 2. The largest absolute Gasteiger partial charge is 0.442 e. The fraction of sp³-hybridized carbons (Fsp3) is 0.176. The lowest BCUT2D eigenvalue weighted by molar-refractivity contribution is -0.131. The maximum atomic E-state index is 12.3. The Balaban J connectivity index is 1.51. The van der Waals surface area contributed by atoms with E-state index >= 15 is 0 Å². The first-order valence-electron chi connectivity index (χ1n) is 7.45. The molecule has 0 atom stereocenters. The molecule has 0 unspecified atom stereocenters. The van der Waals surface area contributed by atoms with E-state index in [0.29, 0.717) is 17.2 Å². The van der Waals surface area contributed by atoms with E-state index in [0.717, 1.165) is 23.3 Å². The number of nitrogens with zero attached hydrogens (tertiary/aromatic N) is 1. The number of amides is 1. The van der Waals surface area contributed by atoms with Crippen molar-refractivity contribution in [3.05, 3.63) is 48.3 Å². The van der Waals surface area contributed by atoms with Gasteiger partial charge in [-0.15, -0.1) is 0 Å². The summed E-state index contributed by atoms with van der Waals surface area (Å²) in [6.45, 7) is 2.03. The SMILES string of the molecule is CCc1nc2ccc(NC(=O)C3Oc4ccccc4O3)cc2[nH]1. The highest BCUT2D eigenvalue weighted by Gasteiger charge is 2.30. The number of rotatable bonds is 3. The van der Waals surface area contributed by atoms with Gasteiger partial charge >= 0.3 is 12.2 Å². The Bertz CT molecular complexity index is 863. The second-order valence-electron chi connectivity index (χ2n) is 5.27. The van der Waals surface area contributed by atoms with Crippen molar-refractivity contribution < 1.29 is 14.3 Å². The molecule has 6 nitrogen and oxygen atoms in total. The third-order valence-corrected chi connectivity index (χ3v) is 3.66. The predicted molar refractivity (Wildman–Crippen MR) is 85.6 cm³/mol. The van der Waals surface area contributed by atoms with Crippen molar-refractivity contribution in [3.8, 4) is 11.5 Å². The Morgan fingerprint density at radius 2 is 1.96 bits per heavy atom. The van der Waals surface area contributed by atoms with Gasteiger partial charge in [0.25, 0.3) is 0 Å². The molecule has 1 aliphatic rings. The molecule has 1 aromatic heterocycles. The maximum absolute atomic E-state index is 12.3. The molecule has 0 saturated heterocycles. The number of hydrogen-bond acceptors (Lipinski definition) is 4. The van der Waals surface area contributed by atoms with Crippen molar-refractivity contribution in [3.63, 3.8) is 0 Å². The van der Waals surface area contributed by atoms with E-state index in [1.165, 1.54) is 0 Å². The van der Waals surface area contributed by atoms with Crippen molar-refractivity contribution in [1.82, 2.24) is 9.97 Å². The van der Waals surface area contributed by atoms with Crippen LogP contribution in [-0.4, -0.2) is 22.2 Å². The lowest BCUT2D eigenvalue weighted by Crippen LogP contribution is -2.34. The Labute approximate surface area is 132 Å². The summed E-state index contributed by atoms with van der Waals surface area (Å²) in [7, 11) is 0. The van der Waals surface area contributed by atoms with E-state index in [1.807, 2.05) is 37.3 Å². The average Bonchev–Trinajstić information content (AvgIpc) is 3.17. The summed E-state index contributed by atoms with van der Waals surface area (Å²) < 4.78 is 11.0. The monoisotopic (exact) mass is 309 g/mol. The number of aromatic nitrogens is 2. The van der Waals surface area contributed by atoms with Crippen molar-refractivity contribution in [2.45, 2.75) is 19.6 Å². The quantitative estimate of drug-likeness (QED) is 0.780. The van der Waals surface area contributed by atoms with Gasteiger partial charge in [-0.25, -0.2) is 4.98 Å². The topological polar surface area (TPSA) is 76.2 Å². The van der Waals surface area contributed by atoms with Crippen LogP contribution in [0, 0.1) is 0 Å². The first kappa shape index (κ1) is 13.6. The summed E-state index contributed by atoms with van der Waals surface area (Å²) >= 11 is 0. The number of carbonyl (C=O) groups excluding carboxylic acids is 1. The minimum Gasteiger partial charge on any atom is -0.442 e. The molecule has 4 rings (SSSR count). The van der Waals surface area contributed by atoms with Crippen molar-refractivity contribution >= 4 is 22.6 Å². The van der Waals surface area contributed by atoms with Crippen LogP contribution in [0.15, 0.2) is 42.5 Å². The third-order valence-electron chi connectivity index (χ3n) is 3.66. The molecule has 0 bridgehead atoms. The minimum atomic E-state index is -0.976. The van der Waals surface area contributed by atoms with Gasteiger partial charge in [-0.05, 0) is 30.3 Å². The highest BCUT2D eigenvalue weighted by atomic mass is 16.7. The third kappa shape index (κ3) is 2.48. The molecule has 2 N–H and O–H groups in total. The summed E-state index contributed by atoms with van der Waals surface area (Å²) in [5.74, 6) is 1.71. The Morgan fingerprint density at radius 1 is 1.22 bits per heavy atom. The number of hydrogen-bond donors (Lipinski definition) is 2. The molecule has 0 spiro atoms. The van der Waals surface area contributed by atoms with Crippen LogP contribution in [0.1, 0.15) is 12.7 Å². The van der Waals surface area contributed by atoms with E-state index < -0.39 is 6.29 Å². The summed E-state index contributed by atoms with van der Waals surface area (Å²) in [5.41, 5.74) is 2.42. The van der Waals surface area contributed by atoms with Gasteiger partial charge in [0.1, 0.15) is 5.82 Å². The van der Waals surface area contributed by atoms with E-state index in [4.69, 9.17) is 9.47 Å². The number of aromatic amines is 1. The number of aryl methyl sites for hydroxylation is 1. The summed E-state index contributed by atoms with van der Waals surface area (Å²) in [6, 6.07) is 12.7. The number of carbonyl (C=O) groups is 1. The second kappa shape index (κ2) is 5.31. The molecule has 2 heterocycles. The molecule has 3 aromatic rings. The Hall–Kier alpha value is -3.02. The van der Waals surface area contributed by atoms with Gasteiger partial charge in [-0.3, -0.25) is 4.79 Å². The molecule has 2 aromatic carbocycles. The van der Waals surface area contributed by atoms with Gasteiger partial charge in [-0.1, -0.05) is 19.1 Å². The molecule has 1 amide bonds. The van der Waals surface area contributed by atoms with Crippen molar-refractivity contribution in [2.24, 2.45) is 0 Å². The van der Waals surface area contributed by atoms with Crippen molar-refractivity contribution in [1.29, 1.82) is 0 Å². The summed E-state index contributed by atoms with van der Waals surface area (Å²) in [5, 5.41) is 2.80. The zero-order chi connectivity index (χ0) is 15.8. The van der Waals surface area contributed by atoms with Crippen LogP contribution in [0.5, 0.6) is 11.5 Å². The number of para-hydroxylation sites is 2. The fourth-order valence-corrected chi connectivity index (χ4v) is 2.52. The standard InChI is InChI=1S/C17H15N3O3/c1-2-15-19-11-8-7-10(9-12(11)20-15)18-16(21)17-22-13-5-3-4-6-14(13)23-17/h3-9,17H,2H2,1H3,(H,18,21)(H,19,20). The first-order chi connectivity index (χ1) is 11.2. The Morgan fingerprint density at radius 3 is 2.65 bits per heavy atom. The normalized spacial score (nSPS) is 13.4. The molecule has 0 fully saturated rings. The van der Waals surface area contributed by atoms with E-state index in [9.17, 15) is 4.79 Å². The predicted octanol–water partition coefficient (Wildman–Crippen LogP) is 2.86. The van der Waals surface area contributed by atoms with Crippen LogP contribution in [0.2, 0.25) is 0 Å². The summed E-state index contributed by atoms with van der Waals surface area (Å²) in [6.07, 6.45) is -0.144. The number of imidazole rings is 1. The van der Waals surface area contributed by atoms with Crippen LogP contribution in [0.3, 0.4) is 0 Å².